The second-order valence-corrected chi connectivity index (χ2v) is 4.08. The fourth-order valence-electron chi connectivity index (χ4n) is 1.49. The lowest BCUT2D eigenvalue weighted by Crippen LogP contribution is -2.58. The number of hydrazine groups is 1. The highest BCUT2D eigenvalue weighted by Crippen LogP contribution is 2.14. The lowest BCUT2D eigenvalue weighted by Gasteiger charge is -2.26. The van der Waals surface area contributed by atoms with Crippen molar-refractivity contribution in [3.05, 3.63) is 34.9 Å². The van der Waals surface area contributed by atoms with Gasteiger partial charge in [0.2, 0.25) is 5.91 Å². The maximum absolute atomic E-state index is 11.9. The minimum Gasteiger partial charge on any atom is -0.345 e. The fourth-order valence-corrected chi connectivity index (χ4v) is 1.71. The average molecular weight is 268 g/mol. The predicted molar refractivity (Wildman–Crippen MR) is 63.6 cm³/mol. The van der Waals surface area contributed by atoms with Gasteiger partial charge < -0.3 is 5.32 Å². The number of rotatable bonds is 2. The number of benzene rings is 1. The molecule has 0 aromatic heterocycles. The third-order valence-electron chi connectivity index (χ3n) is 2.39. The van der Waals surface area contributed by atoms with Crippen molar-refractivity contribution in [3.63, 3.8) is 0 Å². The molecule has 3 amide bonds. The highest BCUT2D eigenvalue weighted by molar-refractivity contribution is 6.33. The van der Waals surface area contributed by atoms with E-state index < -0.39 is 5.91 Å². The van der Waals surface area contributed by atoms with Crippen molar-refractivity contribution in [3.8, 4) is 0 Å². The van der Waals surface area contributed by atoms with Gasteiger partial charge in [0.15, 0.2) is 0 Å². The van der Waals surface area contributed by atoms with Gasteiger partial charge in [-0.05, 0) is 12.1 Å². The summed E-state index contributed by atoms with van der Waals surface area (Å²) in [4.78, 5) is 34.4. The van der Waals surface area contributed by atoms with Crippen molar-refractivity contribution in [1.82, 2.24) is 15.8 Å². The third-order valence-corrected chi connectivity index (χ3v) is 2.72. The number of carbonyl (C=O) groups excluding carboxylic acids is 3. The standard InChI is InChI=1S/C11H10ClN3O3/c12-8-4-2-1-3-7(8)11(18)14-15-6-9(16)13-5-10(15)17/h1-4H,5-6H2,(H,13,16)(H,14,18). The van der Waals surface area contributed by atoms with Crippen molar-refractivity contribution in [1.29, 1.82) is 0 Å². The van der Waals surface area contributed by atoms with Gasteiger partial charge in [0.25, 0.3) is 11.8 Å². The van der Waals surface area contributed by atoms with Crippen molar-refractivity contribution < 1.29 is 14.4 Å². The molecule has 1 fully saturated rings. The molecule has 1 saturated heterocycles. The Kier molecular flexibility index (Phi) is 3.47. The van der Waals surface area contributed by atoms with E-state index >= 15 is 0 Å². The summed E-state index contributed by atoms with van der Waals surface area (Å²) in [5.74, 6) is -1.23. The number of nitrogens with zero attached hydrogens (tertiary/aromatic N) is 1. The highest BCUT2D eigenvalue weighted by Gasteiger charge is 2.25. The summed E-state index contributed by atoms with van der Waals surface area (Å²) in [6.07, 6.45) is 0. The van der Waals surface area contributed by atoms with E-state index in [4.69, 9.17) is 11.6 Å². The Bertz CT molecular complexity index is 518. The quantitative estimate of drug-likeness (QED) is 0.788. The minimum atomic E-state index is -0.524. The van der Waals surface area contributed by atoms with Crippen LogP contribution >= 0.6 is 11.6 Å². The molecule has 0 saturated carbocycles. The summed E-state index contributed by atoms with van der Waals surface area (Å²) in [7, 11) is 0. The number of hydrogen-bond acceptors (Lipinski definition) is 3. The van der Waals surface area contributed by atoms with E-state index in [2.05, 4.69) is 10.7 Å². The molecule has 1 heterocycles. The Morgan fingerprint density at radius 3 is 2.78 bits per heavy atom. The summed E-state index contributed by atoms with van der Waals surface area (Å²) in [6, 6.07) is 6.46. The summed E-state index contributed by atoms with van der Waals surface area (Å²) in [6.45, 7) is -0.323. The SMILES string of the molecule is O=C1CN(NC(=O)c2ccccc2Cl)C(=O)CN1. The first kappa shape index (κ1) is 12.4. The Hall–Kier alpha value is -2.08. The van der Waals surface area contributed by atoms with Crippen LogP contribution in [-0.2, 0) is 9.59 Å². The molecular formula is C11H10ClN3O3. The van der Waals surface area contributed by atoms with Gasteiger partial charge in [0.1, 0.15) is 6.54 Å². The number of hydrogen-bond donors (Lipinski definition) is 2. The van der Waals surface area contributed by atoms with Crippen LogP contribution in [0.25, 0.3) is 0 Å². The van der Waals surface area contributed by atoms with Crippen LogP contribution < -0.4 is 10.7 Å². The van der Waals surface area contributed by atoms with Crippen LogP contribution in [0.15, 0.2) is 24.3 Å². The Labute approximate surface area is 108 Å². The Morgan fingerprint density at radius 1 is 1.33 bits per heavy atom. The third kappa shape index (κ3) is 2.60. The van der Waals surface area contributed by atoms with Crippen LogP contribution in [0.2, 0.25) is 5.02 Å². The monoisotopic (exact) mass is 267 g/mol. The summed E-state index contributed by atoms with van der Waals surface area (Å²) >= 11 is 5.86. The molecule has 0 bridgehead atoms. The van der Waals surface area contributed by atoms with Crippen LogP contribution in [-0.4, -0.2) is 35.8 Å². The van der Waals surface area contributed by atoms with Crippen LogP contribution in [0.5, 0.6) is 0 Å². The number of carbonyl (C=O) groups is 3. The second-order valence-electron chi connectivity index (χ2n) is 3.68. The molecular weight excluding hydrogens is 258 g/mol. The molecule has 2 rings (SSSR count). The summed E-state index contributed by atoms with van der Waals surface area (Å²) in [5, 5.41) is 3.64. The van der Waals surface area contributed by atoms with E-state index in [0.717, 1.165) is 5.01 Å². The topological polar surface area (TPSA) is 78.5 Å². The minimum absolute atomic E-state index is 0.123. The van der Waals surface area contributed by atoms with Gasteiger partial charge in [0.05, 0.1) is 17.1 Å². The first-order valence-corrected chi connectivity index (χ1v) is 5.58. The van der Waals surface area contributed by atoms with E-state index in [-0.39, 0.29) is 35.5 Å². The molecule has 0 radical (unpaired) electrons. The first-order chi connectivity index (χ1) is 8.58. The highest BCUT2D eigenvalue weighted by atomic mass is 35.5. The molecule has 1 aromatic rings. The van der Waals surface area contributed by atoms with Gasteiger partial charge in [-0.1, -0.05) is 23.7 Å². The molecule has 0 unspecified atom stereocenters. The summed E-state index contributed by atoms with van der Waals surface area (Å²) in [5.41, 5.74) is 2.60. The van der Waals surface area contributed by atoms with Gasteiger partial charge in [-0.25, -0.2) is 5.01 Å². The zero-order valence-electron chi connectivity index (χ0n) is 9.27. The number of piperazine rings is 1. The molecule has 7 heteroatoms. The molecule has 94 valence electrons. The average Bonchev–Trinajstić information content (AvgIpc) is 2.34. The van der Waals surface area contributed by atoms with E-state index in [9.17, 15) is 14.4 Å². The van der Waals surface area contributed by atoms with Crippen LogP contribution in [0, 0.1) is 0 Å². The second kappa shape index (κ2) is 5.05. The maximum Gasteiger partial charge on any atom is 0.271 e. The van der Waals surface area contributed by atoms with E-state index in [1.165, 1.54) is 6.07 Å². The predicted octanol–water partition coefficient (Wildman–Crippen LogP) is -0.0568. The number of nitrogens with one attached hydrogen (secondary N) is 2. The van der Waals surface area contributed by atoms with Crippen LogP contribution in [0.3, 0.4) is 0 Å². The van der Waals surface area contributed by atoms with E-state index in [0.29, 0.717) is 0 Å². The molecule has 18 heavy (non-hydrogen) atoms. The van der Waals surface area contributed by atoms with Crippen molar-refractivity contribution >= 4 is 29.3 Å². The lowest BCUT2D eigenvalue weighted by molar-refractivity contribution is -0.142. The lowest BCUT2D eigenvalue weighted by atomic mass is 10.2. The Morgan fingerprint density at radius 2 is 2.06 bits per heavy atom. The number of halogens is 1. The smallest absolute Gasteiger partial charge is 0.271 e. The maximum atomic E-state index is 11.9. The molecule has 1 aromatic carbocycles. The molecule has 0 aliphatic carbocycles. The molecule has 1 aliphatic rings. The van der Waals surface area contributed by atoms with Gasteiger partial charge in [-0.15, -0.1) is 0 Å². The molecule has 0 atom stereocenters. The van der Waals surface area contributed by atoms with Crippen LogP contribution in [0.4, 0.5) is 0 Å². The Balaban J connectivity index is 2.09. The van der Waals surface area contributed by atoms with Crippen molar-refractivity contribution in [2.24, 2.45) is 0 Å². The normalized spacial score (nSPS) is 15.3. The molecule has 6 nitrogen and oxygen atoms in total. The van der Waals surface area contributed by atoms with Gasteiger partial charge in [0, 0.05) is 0 Å². The molecule has 0 spiro atoms. The zero-order valence-corrected chi connectivity index (χ0v) is 10.0. The fraction of sp³-hybridized carbons (Fsp3) is 0.182. The van der Waals surface area contributed by atoms with Crippen molar-refractivity contribution in [2.75, 3.05) is 13.1 Å². The first-order valence-electron chi connectivity index (χ1n) is 5.20. The molecule has 1 aliphatic heterocycles. The van der Waals surface area contributed by atoms with Crippen LogP contribution in [0.1, 0.15) is 10.4 Å². The zero-order chi connectivity index (χ0) is 13.1. The molecule has 2 N–H and O–H groups in total. The summed E-state index contributed by atoms with van der Waals surface area (Å²) < 4.78 is 0. The van der Waals surface area contributed by atoms with Gasteiger partial charge >= 0.3 is 0 Å². The van der Waals surface area contributed by atoms with E-state index in [1.54, 1.807) is 18.2 Å². The van der Waals surface area contributed by atoms with Gasteiger partial charge in [-0.2, -0.15) is 0 Å². The van der Waals surface area contributed by atoms with Gasteiger partial charge in [-0.3, -0.25) is 19.8 Å². The van der Waals surface area contributed by atoms with E-state index in [1.807, 2.05) is 0 Å². The van der Waals surface area contributed by atoms with Crippen molar-refractivity contribution in [2.45, 2.75) is 0 Å². The number of amides is 3. The largest absolute Gasteiger partial charge is 0.345 e.